The van der Waals surface area contributed by atoms with Crippen LogP contribution in [0.25, 0.3) is 0 Å². The fourth-order valence-corrected chi connectivity index (χ4v) is 2.56. The van der Waals surface area contributed by atoms with E-state index in [0.717, 1.165) is 0 Å². The summed E-state index contributed by atoms with van der Waals surface area (Å²) in [6.45, 7) is 5.13. The van der Waals surface area contributed by atoms with Gasteiger partial charge in [0.25, 0.3) is 0 Å². The van der Waals surface area contributed by atoms with E-state index in [4.69, 9.17) is 9.47 Å². The van der Waals surface area contributed by atoms with E-state index in [1.165, 1.54) is 0 Å². The molecule has 2 rings (SSSR count). The van der Waals surface area contributed by atoms with Gasteiger partial charge in [-0.15, -0.1) is 0 Å². The van der Waals surface area contributed by atoms with Crippen molar-refractivity contribution in [3.8, 4) is 11.5 Å². The summed E-state index contributed by atoms with van der Waals surface area (Å²) in [5.41, 5.74) is 0.686. The molecule has 1 N–H and O–H groups in total. The summed E-state index contributed by atoms with van der Waals surface area (Å²) in [6.07, 6.45) is 0.516. The molecular weight excluding hydrogens is 296 g/mol. The molecule has 0 aromatic heterocycles. The Morgan fingerprint density at radius 3 is 2.39 bits per heavy atom. The first-order chi connectivity index (χ1) is 11.0. The molecule has 0 radical (unpaired) electrons. The van der Waals surface area contributed by atoms with Crippen LogP contribution in [0.4, 0.5) is 5.69 Å². The van der Waals surface area contributed by atoms with Gasteiger partial charge in [-0.05, 0) is 12.3 Å². The van der Waals surface area contributed by atoms with Gasteiger partial charge in [0.2, 0.25) is 11.8 Å². The number of nitrogens with zero attached hydrogens (tertiary/aromatic N) is 1. The summed E-state index contributed by atoms with van der Waals surface area (Å²) >= 11 is 0. The Morgan fingerprint density at radius 2 is 1.87 bits per heavy atom. The van der Waals surface area contributed by atoms with Crippen molar-refractivity contribution in [2.45, 2.75) is 20.3 Å². The van der Waals surface area contributed by atoms with E-state index in [1.807, 2.05) is 13.8 Å². The van der Waals surface area contributed by atoms with Crippen molar-refractivity contribution >= 4 is 17.5 Å². The highest BCUT2D eigenvalue weighted by Gasteiger charge is 2.37. The smallest absolute Gasteiger partial charge is 0.239 e. The van der Waals surface area contributed by atoms with E-state index in [0.29, 0.717) is 42.6 Å². The van der Waals surface area contributed by atoms with Crippen molar-refractivity contribution in [3.05, 3.63) is 18.2 Å². The van der Waals surface area contributed by atoms with Crippen LogP contribution in [-0.4, -0.2) is 39.1 Å². The van der Waals surface area contributed by atoms with Gasteiger partial charge in [0, 0.05) is 31.3 Å². The summed E-state index contributed by atoms with van der Waals surface area (Å²) in [4.78, 5) is 26.4. The molecule has 0 bridgehead atoms. The lowest BCUT2D eigenvalue weighted by molar-refractivity contribution is -0.132. The molecule has 1 atom stereocenters. The fraction of sp³-hybridized carbons (Fsp3) is 0.529. The van der Waals surface area contributed by atoms with Crippen LogP contribution in [0.2, 0.25) is 0 Å². The highest BCUT2D eigenvalue weighted by atomic mass is 16.5. The standard InChI is InChI=1S/C17H24N2O4/c1-11(2)10-18-16(20)15-5-6-19(17(15)21)12-7-13(22-3)9-14(8-12)23-4/h7-9,11,15H,5-6,10H2,1-4H3,(H,18,20)/t15-/m0/s1. The van der Waals surface area contributed by atoms with Gasteiger partial charge >= 0.3 is 0 Å². The van der Waals surface area contributed by atoms with E-state index < -0.39 is 5.92 Å². The summed E-state index contributed by atoms with van der Waals surface area (Å²) in [5, 5.41) is 2.84. The van der Waals surface area contributed by atoms with E-state index in [9.17, 15) is 9.59 Å². The summed E-state index contributed by atoms with van der Waals surface area (Å²) in [5.74, 6) is 0.586. The second-order valence-electron chi connectivity index (χ2n) is 6.04. The maximum Gasteiger partial charge on any atom is 0.239 e. The number of carbonyl (C=O) groups excluding carboxylic acids is 2. The molecule has 23 heavy (non-hydrogen) atoms. The molecule has 0 saturated carbocycles. The fourth-order valence-electron chi connectivity index (χ4n) is 2.56. The molecule has 1 saturated heterocycles. The van der Waals surface area contributed by atoms with Crippen molar-refractivity contribution in [1.29, 1.82) is 0 Å². The van der Waals surface area contributed by atoms with Crippen LogP contribution in [-0.2, 0) is 9.59 Å². The second kappa shape index (κ2) is 7.35. The van der Waals surface area contributed by atoms with Crippen molar-refractivity contribution in [2.75, 3.05) is 32.2 Å². The number of benzene rings is 1. The van der Waals surface area contributed by atoms with Gasteiger partial charge in [0.05, 0.1) is 19.9 Å². The molecule has 126 valence electrons. The molecule has 6 nitrogen and oxygen atoms in total. The molecule has 0 aliphatic carbocycles. The zero-order valence-corrected chi connectivity index (χ0v) is 14.1. The Kier molecular flexibility index (Phi) is 5.47. The van der Waals surface area contributed by atoms with Gasteiger partial charge in [-0.25, -0.2) is 0 Å². The van der Waals surface area contributed by atoms with Gasteiger partial charge < -0.3 is 19.7 Å². The lowest BCUT2D eigenvalue weighted by atomic mass is 10.1. The summed E-state index contributed by atoms with van der Waals surface area (Å²) in [6, 6.07) is 5.29. The number of anilines is 1. The Balaban J connectivity index is 2.14. The highest BCUT2D eigenvalue weighted by Crippen LogP contribution is 2.32. The molecule has 0 unspecified atom stereocenters. The molecule has 1 fully saturated rings. The zero-order chi connectivity index (χ0) is 17.0. The molecule has 2 amide bonds. The average Bonchev–Trinajstić information content (AvgIpc) is 2.93. The maximum absolute atomic E-state index is 12.6. The van der Waals surface area contributed by atoms with Gasteiger partial charge in [-0.1, -0.05) is 13.8 Å². The molecule has 1 heterocycles. The van der Waals surface area contributed by atoms with E-state index in [1.54, 1.807) is 37.3 Å². The Labute approximate surface area is 136 Å². The number of methoxy groups -OCH3 is 2. The molecule has 1 aliphatic heterocycles. The van der Waals surface area contributed by atoms with Crippen LogP contribution in [0.15, 0.2) is 18.2 Å². The first kappa shape index (κ1) is 17.1. The molecule has 1 aromatic rings. The molecule has 6 heteroatoms. The average molecular weight is 320 g/mol. The first-order valence-electron chi connectivity index (χ1n) is 7.78. The van der Waals surface area contributed by atoms with Crippen LogP contribution in [0.1, 0.15) is 20.3 Å². The Bertz CT molecular complexity index is 564. The Hall–Kier alpha value is -2.24. The minimum atomic E-state index is -0.619. The molecular formula is C17H24N2O4. The molecule has 1 aliphatic rings. The van der Waals surface area contributed by atoms with Crippen LogP contribution >= 0.6 is 0 Å². The van der Waals surface area contributed by atoms with Crippen LogP contribution in [0, 0.1) is 11.8 Å². The minimum Gasteiger partial charge on any atom is -0.497 e. The van der Waals surface area contributed by atoms with Crippen molar-refractivity contribution in [3.63, 3.8) is 0 Å². The lowest BCUT2D eigenvalue weighted by Crippen LogP contribution is -2.38. The van der Waals surface area contributed by atoms with Gasteiger partial charge in [0.15, 0.2) is 0 Å². The SMILES string of the molecule is COc1cc(OC)cc(N2CC[C@@H](C(=O)NCC(C)C)C2=O)c1. The van der Waals surface area contributed by atoms with Crippen molar-refractivity contribution in [2.24, 2.45) is 11.8 Å². The summed E-state index contributed by atoms with van der Waals surface area (Å²) in [7, 11) is 3.12. The number of carbonyl (C=O) groups is 2. The number of ether oxygens (including phenoxy) is 2. The Morgan fingerprint density at radius 1 is 1.26 bits per heavy atom. The third-order valence-corrected chi connectivity index (χ3v) is 3.85. The topological polar surface area (TPSA) is 67.9 Å². The van der Waals surface area contributed by atoms with Crippen LogP contribution in [0.3, 0.4) is 0 Å². The highest BCUT2D eigenvalue weighted by molar-refractivity contribution is 6.09. The quantitative estimate of drug-likeness (QED) is 0.812. The maximum atomic E-state index is 12.6. The van der Waals surface area contributed by atoms with Crippen LogP contribution < -0.4 is 19.7 Å². The van der Waals surface area contributed by atoms with Gasteiger partial charge in [-0.2, -0.15) is 0 Å². The predicted molar refractivity (Wildman–Crippen MR) is 87.9 cm³/mol. The predicted octanol–water partition coefficient (Wildman–Crippen LogP) is 1.83. The van der Waals surface area contributed by atoms with Crippen molar-refractivity contribution < 1.29 is 19.1 Å². The number of rotatable bonds is 6. The number of amides is 2. The minimum absolute atomic E-state index is 0.179. The monoisotopic (exact) mass is 320 g/mol. The van der Waals surface area contributed by atoms with E-state index in [-0.39, 0.29) is 11.8 Å². The van der Waals surface area contributed by atoms with Gasteiger partial charge in [-0.3, -0.25) is 9.59 Å². The third kappa shape index (κ3) is 3.94. The largest absolute Gasteiger partial charge is 0.497 e. The van der Waals surface area contributed by atoms with Crippen molar-refractivity contribution in [1.82, 2.24) is 5.32 Å². The lowest BCUT2D eigenvalue weighted by Gasteiger charge is -2.19. The second-order valence-corrected chi connectivity index (χ2v) is 6.04. The number of nitrogens with one attached hydrogen (secondary N) is 1. The number of hydrogen-bond donors (Lipinski definition) is 1. The van der Waals surface area contributed by atoms with E-state index >= 15 is 0 Å². The molecule has 1 aromatic carbocycles. The van der Waals surface area contributed by atoms with Crippen LogP contribution in [0.5, 0.6) is 11.5 Å². The third-order valence-electron chi connectivity index (χ3n) is 3.85. The van der Waals surface area contributed by atoms with E-state index in [2.05, 4.69) is 5.32 Å². The zero-order valence-electron chi connectivity index (χ0n) is 14.1. The molecule has 0 spiro atoms. The summed E-state index contributed by atoms with van der Waals surface area (Å²) < 4.78 is 10.5. The normalized spacial score (nSPS) is 17.5. The van der Waals surface area contributed by atoms with Gasteiger partial charge in [0.1, 0.15) is 17.4 Å². The first-order valence-corrected chi connectivity index (χ1v) is 7.78. The number of hydrogen-bond acceptors (Lipinski definition) is 4.